The van der Waals surface area contributed by atoms with E-state index in [1.807, 2.05) is 0 Å². The van der Waals surface area contributed by atoms with Crippen molar-refractivity contribution in [3.05, 3.63) is 30.0 Å². The van der Waals surface area contributed by atoms with Crippen molar-refractivity contribution in [1.29, 1.82) is 0 Å². The maximum absolute atomic E-state index is 6.34. The standard InChI is InChI=1S/C15H21N3/c1-3-18-13-7-5-4-6-11(13)12(17-18)10-14(16)15(2)8-9-15/h4-7,14H,3,8-10,16H2,1-2H3. The van der Waals surface area contributed by atoms with Gasteiger partial charge in [-0.2, -0.15) is 5.10 Å². The highest BCUT2D eigenvalue weighted by molar-refractivity contribution is 5.82. The van der Waals surface area contributed by atoms with Crippen LogP contribution < -0.4 is 5.73 Å². The first-order valence-electron chi connectivity index (χ1n) is 6.84. The zero-order chi connectivity index (χ0) is 12.8. The molecule has 2 N–H and O–H groups in total. The summed E-state index contributed by atoms with van der Waals surface area (Å²) in [6, 6.07) is 8.69. The Balaban J connectivity index is 1.96. The molecule has 1 saturated carbocycles. The monoisotopic (exact) mass is 243 g/mol. The average Bonchev–Trinajstić information content (AvgIpc) is 3.04. The molecular formula is C15H21N3. The Morgan fingerprint density at radius 3 is 2.78 bits per heavy atom. The Morgan fingerprint density at radius 1 is 1.39 bits per heavy atom. The molecule has 96 valence electrons. The summed E-state index contributed by atoms with van der Waals surface area (Å²) in [7, 11) is 0. The molecule has 1 heterocycles. The number of hydrogen-bond donors (Lipinski definition) is 1. The van der Waals surface area contributed by atoms with Crippen LogP contribution in [0.15, 0.2) is 24.3 Å². The number of aromatic nitrogens is 2. The van der Waals surface area contributed by atoms with Crippen LogP contribution in [0.3, 0.4) is 0 Å². The molecule has 3 nitrogen and oxygen atoms in total. The van der Waals surface area contributed by atoms with Crippen molar-refractivity contribution < 1.29 is 0 Å². The van der Waals surface area contributed by atoms with Crippen molar-refractivity contribution in [1.82, 2.24) is 9.78 Å². The van der Waals surface area contributed by atoms with Gasteiger partial charge < -0.3 is 5.73 Å². The minimum absolute atomic E-state index is 0.237. The second-order valence-electron chi connectivity index (χ2n) is 5.74. The smallest absolute Gasteiger partial charge is 0.0719 e. The summed E-state index contributed by atoms with van der Waals surface area (Å²) in [6.45, 7) is 5.33. The molecule has 0 radical (unpaired) electrons. The van der Waals surface area contributed by atoms with Gasteiger partial charge in [0.1, 0.15) is 0 Å². The number of hydrogen-bond acceptors (Lipinski definition) is 2. The molecule has 1 aliphatic rings. The molecule has 1 atom stereocenters. The maximum atomic E-state index is 6.34. The Bertz CT molecular complexity index is 566. The Labute approximate surface area is 108 Å². The van der Waals surface area contributed by atoms with Gasteiger partial charge in [0.05, 0.1) is 11.2 Å². The molecule has 1 unspecified atom stereocenters. The molecular weight excluding hydrogens is 222 g/mol. The highest BCUT2D eigenvalue weighted by Gasteiger charge is 2.43. The molecule has 0 aliphatic heterocycles. The van der Waals surface area contributed by atoms with Crippen LogP contribution in [0.4, 0.5) is 0 Å². The zero-order valence-electron chi connectivity index (χ0n) is 11.2. The van der Waals surface area contributed by atoms with Gasteiger partial charge in [-0.1, -0.05) is 25.1 Å². The van der Waals surface area contributed by atoms with E-state index < -0.39 is 0 Å². The molecule has 3 rings (SSSR count). The molecule has 0 bridgehead atoms. The Morgan fingerprint density at radius 2 is 2.11 bits per heavy atom. The van der Waals surface area contributed by atoms with Gasteiger partial charge in [0, 0.05) is 24.4 Å². The fraction of sp³-hybridized carbons (Fsp3) is 0.533. The Kier molecular flexibility index (Phi) is 2.67. The third kappa shape index (κ3) is 1.83. The predicted molar refractivity (Wildman–Crippen MR) is 74.4 cm³/mol. The summed E-state index contributed by atoms with van der Waals surface area (Å²) in [6.07, 6.45) is 3.42. The van der Waals surface area contributed by atoms with E-state index in [0.717, 1.165) is 18.7 Å². The third-order valence-corrected chi connectivity index (χ3v) is 4.38. The van der Waals surface area contributed by atoms with Crippen molar-refractivity contribution in [2.45, 2.75) is 45.7 Å². The highest BCUT2D eigenvalue weighted by Crippen LogP contribution is 2.48. The topological polar surface area (TPSA) is 43.8 Å². The molecule has 0 spiro atoms. The van der Waals surface area contributed by atoms with Gasteiger partial charge in [0.15, 0.2) is 0 Å². The van der Waals surface area contributed by atoms with Crippen LogP contribution in [0, 0.1) is 5.41 Å². The maximum Gasteiger partial charge on any atom is 0.0719 e. The SMILES string of the molecule is CCn1nc(CC(N)C2(C)CC2)c2ccccc21. The summed E-state index contributed by atoms with van der Waals surface area (Å²) >= 11 is 0. The van der Waals surface area contributed by atoms with Crippen LogP contribution in [0.1, 0.15) is 32.4 Å². The fourth-order valence-electron chi connectivity index (χ4n) is 2.61. The number of aryl methyl sites for hydroxylation is 1. The lowest BCUT2D eigenvalue weighted by atomic mass is 9.94. The van der Waals surface area contributed by atoms with Crippen molar-refractivity contribution >= 4 is 10.9 Å². The summed E-state index contributed by atoms with van der Waals surface area (Å²) in [5.41, 5.74) is 9.08. The molecule has 0 amide bonds. The van der Waals surface area contributed by atoms with Crippen LogP contribution in [0.25, 0.3) is 10.9 Å². The summed E-state index contributed by atoms with van der Waals surface area (Å²) in [5.74, 6) is 0. The predicted octanol–water partition coefficient (Wildman–Crippen LogP) is 2.73. The van der Waals surface area contributed by atoms with Crippen molar-refractivity contribution in [3.8, 4) is 0 Å². The van der Waals surface area contributed by atoms with Crippen molar-refractivity contribution in [2.24, 2.45) is 11.1 Å². The lowest BCUT2D eigenvalue weighted by Gasteiger charge is -2.17. The number of nitrogens with zero attached hydrogens (tertiary/aromatic N) is 2. The largest absolute Gasteiger partial charge is 0.327 e. The third-order valence-electron chi connectivity index (χ3n) is 4.38. The minimum atomic E-state index is 0.237. The molecule has 1 aromatic heterocycles. The molecule has 1 aliphatic carbocycles. The van der Waals surface area contributed by atoms with Crippen molar-refractivity contribution in [3.63, 3.8) is 0 Å². The molecule has 1 aromatic carbocycles. The summed E-state index contributed by atoms with van der Waals surface area (Å²) in [4.78, 5) is 0. The second kappa shape index (κ2) is 4.09. The lowest BCUT2D eigenvalue weighted by molar-refractivity contribution is 0.429. The molecule has 3 heteroatoms. The summed E-state index contributed by atoms with van der Waals surface area (Å²) in [5, 5.41) is 5.99. The van der Waals surface area contributed by atoms with Gasteiger partial charge in [-0.15, -0.1) is 0 Å². The van der Waals surface area contributed by atoms with Crippen LogP contribution >= 0.6 is 0 Å². The van der Waals surface area contributed by atoms with Crippen LogP contribution in [-0.2, 0) is 13.0 Å². The van der Waals surface area contributed by atoms with Gasteiger partial charge in [-0.25, -0.2) is 0 Å². The number of fused-ring (bicyclic) bond motifs is 1. The fourth-order valence-corrected chi connectivity index (χ4v) is 2.61. The normalized spacial score (nSPS) is 19.1. The van der Waals surface area contributed by atoms with Crippen LogP contribution in [0.5, 0.6) is 0 Å². The van der Waals surface area contributed by atoms with Gasteiger partial charge in [-0.05, 0) is 31.2 Å². The van der Waals surface area contributed by atoms with Gasteiger partial charge in [0.25, 0.3) is 0 Å². The van der Waals surface area contributed by atoms with Gasteiger partial charge >= 0.3 is 0 Å². The number of rotatable bonds is 4. The molecule has 0 saturated heterocycles. The van der Waals surface area contributed by atoms with E-state index in [2.05, 4.69) is 42.8 Å². The highest BCUT2D eigenvalue weighted by atomic mass is 15.3. The molecule has 2 aromatic rings. The second-order valence-corrected chi connectivity index (χ2v) is 5.74. The number of benzene rings is 1. The lowest BCUT2D eigenvalue weighted by Crippen LogP contribution is -2.32. The number of nitrogens with two attached hydrogens (primary N) is 1. The first-order valence-corrected chi connectivity index (χ1v) is 6.84. The van der Waals surface area contributed by atoms with E-state index in [1.165, 1.54) is 23.7 Å². The minimum Gasteiger partial charge on any atom is -0.327 e. The Hall–Kier alpha value is -1.35. The van der Waals surface area contributed by atoms with E-state index in [1.54, 1.807) is 0 Å². The van der Waals surface area contributed by atoms with E-state index in [0.29, 0.717) is 5.41 Å². The van der Waals surface area contributed by atoms with E-state index in [4.69, 9.17) is 10.8 Å². The van der Waals surface area contributed by atoms with Gasteiger partial charge in [0.2, 0.25) is 0 Å². The summed E-state index contributed by atoms with van der Waals surface area (Å²) < 4.78 is 2.08. The average molecular weight is 243 g/mol. The van der Waals surface area contributed by atoms with Gasteiger partial charge in [-0.3, -0.25) is 4.68 Å². The van der Waals surface area contributed by atoms with E-state index in [-0.39, 0.29) is 6.04 Å². The van der Waals surface area contributed by atoms with Crippen LogP contribution in [0.2, 0.25) is 0 Å². The first kappa shape index (κ1) is 11.7. The molecule has 18 heavy (non-hydrogen) atoms. The van der Waals surface area contributed by atoms with Crippen LogP contribution in [-0.4, -0.2) is 15.8 Å². The zero-order valence-corrected chi connectivity index (χ0v) is 11.2. The quantitative estimate of drug-likeness (QED) is 0.897. The number of para-hydroxylation sites is 1. The van der Waals surface area contributed by atoms with E-state index in [9.17, 15) is 0 Å². The molecule has 1 fully saturated rings. The first-order chi connectivity index (χ1) is 8.64. The van der Waals surface area contributed by atoms with Crippen molar-refractivity contribution in [2.75, 3.05) is 0 Å². The van der Waals surface area contributed by atoms with E-state index >= 15 is 0 Å².